The highest BCUT2D eigenvalue weighted by molar-refractivity contribution is 14.1. The van der Waals surface area contributed by atoms with Crippen LogP contribution in [0.25, 0.3) is 0 Å². The highest BCUT2D eigenvalue weighted by atomic mass is 127. The third-order valence-corrected chi connectivity index (χ3v) is 4.21. The van der Waals surface area contributed by atoms with E-state index in [1.54, 1.807) is 0 Å². The zero-order valence-electron chi connectivity index (χ0n) is 10.0. The minimum absolute atomic E-state index is 0.159. The summed E-state index contributed by atoms with van der Waals surface area (Å²) in [5.74, 6) is 0.159. The van der Waals surface area contributed by atoms with E-state index in [4.69, 9.17) is 0 Å². The van der Waals surface area contributed by atoms with Crippen molar-refractivity contribution in [3.8, 4) is 0 Å². The fraction of sp³-hybridized carbons (Fsp3) is 0.462. The van der Waals surface area contributed by atoms with Crippen LogP contribution in [0.2, 0.25) is 0 Å². The molecule has 1 amide bonds. The summed E-state index contributed by atoms with van der Waals surface area (Å²) < 4.78 is 1.15. The van der Waals surface area contributed by atoms with Crippen molar-refractivity contribution >= 4 is 28.5 Å². The minimum Gasteiger partial charge on any atom is -0.337 e. The summed E-state index contributed by atoms with van der Waals surface area (Å²) in [5.41, 5.74) is 2.03. The molecule has 1 fully saturated rings. The summed E-state index contributed by atoms with van der Waals surface area (Å²) in [6.07, 6.45) is 1.04. The maximum Gasteiger partial charge on any atom is 0.253 e. The average Bonchev–Trinajstić information content (AvgIpc) is 2.60. The predicted octanol–water partition coefficient (Wildman–Crippen LogP) is 2.04. The third kappa shape index (κ3) is 3.19. The van der Waals surface area contributed by atoms with Gasteiger partial charge in [-0.05, 0) is 60.2 Å². The maximum absolute atomic E-state index is 12.3. The van der Waals surface area contributed by atoms with Gasteiger partial charge in [-0.1, -0.05) is 6.07 Å². The molecular weight excluding hydrogens is 327 g/mol. The van der Waals surface area contributed by atoms with Crippen molar-refractivity contribution in [3.05, 3.63) is 32.9 Å². The molecule has 0 bridgehead atoms. The van der Waals surface area contributed by atoms with Crippen LogP contribution in [0.5, 0.6) is 0 Å². The molecule has 4 heteroatoms. The Hall–Kier alpha value is -0.620. The second-order valence-electron chi connectivity index (χ2n) is 4.36. The van der Waals surface area contributed by atoms with Crippen LogP contribution in [0.15, 0.2) is 18.2 Å². The number of aryl methyl sites for hydroxylation is 1. The molecule has 1 saturated heterocycles. The SMILES string of the molecule is Cc1ccc(C(=O)N2CCCNCC2)cc1I. The van der Waals surface area contributed by atoms with Crippen LogP contribution in [0.3, 0.4) is 0 Å². The van der Waals surface area contributed by atoms with Gasteiger partial charge >= 0.3 is 0 Å². The smallest absolute Gasteiger partial charge is 0.253 e. The lowest BCUT2D eigenvalue weighted by molar-refractivity contribution is 0.0766. The van der Waals surface area contributed by atoms with Crippen molar-refractivity contribution in [1.29, 1.82) is 0 Å². The second kappa shape index (κ2) is 5.82. The molecule has 0 aromatic heterocycles. The molecule has 0 radical (unpaired) electrons. The lowest BCUT2D eigenvalue weighted by atomic mass is 10.1. The summed E-state index contributed by atoms with van der Waals surface area (Å²) in [6, 6.07) is 5.93. The summed E-state index contributed by atoms with van der Waals surface area (Å²) in [6.45, 7) is 5.63. The molecule has 0 aliphatic carbocycles. The Morgan fingerprint density at radius 3 is 2.94 bits per heavy atom. The van der Waals surface area contributed by atoms with Crippen LogP contribution in [0, 0.1) is 10.5 Å². The standard InChI is InChI=1S/C13H17IN2O/c1-10-3-4-11(9-12(10)14)13(17)16-7-2-5-15-6-8-16/h3-4,9,15H,2,5-8H2,1H3. The zero-order chi connectivity index (χ0) is 12.3. The van der Waals surface area contributed by atoms with Crippen molar-refractivity contribution < 1.29 is 4.79 Å². The zero-order valence-corrected chi connectivity index (χ0v) is 12.2. The normalized spacial score (nSPS) is 16.7. The first-order chi connectivity index (χ1) is 8.18. The molecule has 92 valence electrons. The molecule has 0 spiro atoms. The quantitative estimate of drug-likeness (QED) is 0.791. The van der Waals surface area contributed by atoms with Gasteiger partial charge in [0.25, 0.3) is 5.91 Å². The molecule has 17 heavy (non-hydrogen) atoms. The molecule has 1 N–H and O–H groups in total. The number of hydrogen-bond acceptors (Lipinski definition) is 2. The predicted molar refractivity (Wildman–Crippen MR) is 77.3 cm³/mol. The first-order valence-electron chi connectivity index (χ1n) is 5.94. The lowest BCUT2D eigenvalue weighted by Crippen LogP contribution is -2.34. The fourth-order valence-corrected chi connectivity index (χ4v) is 2.47. The van der Waals surface area contributed by atoms with Crippen LogP contribution in [-0.4, -0.2) is 37.0 Å². The Balaban J connectivity index is 2.14. The van der Waals surface area contributed by atoms with Crippen LogP contribution in [0.4, 0.5) is 0 Å². The summed E-state index contributed by atoms with van der Waals surface area (Å²) in [5, 5.41) is 3.31. The fourth-order valence-electron chi connectivity index (χ4n) is 1.96. The lowest BCUT2D eigenvalue weighted by Gasteiger charge is -2.20. The monoisotopic (exact) mass is 344 g/mol. The van der Waals surface area contributed by atoms with Gasteiger partial charge in [-0.15, -0.1) is 0 Å². The number of carbonyl (C=O) groups excluding carboxylic acids is 1. The first-order valence-corrected chi connectivity index (χ1v) is 7.02. The molecule has 1 heterocycles. The van der Waals surface area contributed by atoms with Gasteiger partial charge < -0.3 is 10.2 Å². The van der Waals surface area contributed by atoms with Gasteiger partial charge in [0, 0.05) is 28.8 Å². The minimum atomic E-state index is 0.159. The Morgan fingerprint density at radius 2 is 2.18 bits per heavy atom. The summed E-state index contributed by atoms with van der Waals surface area (Å²) in [4.78, 5) is 14.3. The Kier molecular flexibility index (Phi) is 4.39. The van der Waals surface area contributed by atoms with Gasteiger partial charge in [-0.3, -0.25) is 4.79 Å². The molecule has 0 saturated carbocycles. The Bertz CT molecular complexity index is 412. The van der Waals surface area contributed by atoms with E-state index in [9.17, 15) is 4.79 Å². The molecule has 0 unspecified atom stereocenters. The second-order valence-corrected chi connectivity index (χ2v) is 5.52. The first kappa shape index (κ1) is 12.8. The van der Waals surface area contributed by atoms with Gasteiger partial charge in [-0.25, -0.2) is 0 Å². The summed E-state index contributed by atoms with van der Waals surface area (Å²) in [7, 11) is 0. The van der Waals surface area contributed by atoms with E-state index in [1.807, 2.05) is 23.1 Å². The van der Waals surface area contributed by atoms with E-state index in [0.29, 0.717) is 0 Å². The van der Waals surface area contributed by atoms with E-state index in [1.165, 1.54) is 5.56 Å². The van der Waals surface area contributed by atoms with Crippen LogP contribution in [-0.2, 0) is 0 Å². The largest absolute Gasteiger partial charge is 0.337 e. The van der Waals surface area contributed by atoms with E-state index < -0.39 is 0 Å². The molecule has 0 atom stereocenters. The van der Waals surface area contributed by atoms with Crippen molar-refractivity contribution in [2.45, 2.75) is 13.3 Å². The molecule has 2 rings (SSSR count). The van der Waals surface area contributed by atoms with Gasteiger partial charge in [0.05, 0.1) is 0 Å². The Labute approximate surface area is 116 Å². The van der Waals surface area contributed by atoms with E-state index in [2.05, 4.69) is 34.8 Å². The third-order valence-electron chi connectivity index (χ3n) is 3.05. The number of rotatable bonds is 1. The van der Waals surface area contributed by atoms with Crippen molar-refractivity contribution in [3.63, 3.8) is 0 Å². The van der Waals surface area contributed by atoms with Crippen LogP contribution < -0.4 is 5.32 Å². The van der Waals surface area contributed by atoms with Crippen LogP contribution >= 0.6 is 22.6 Å². The maximum atomic E-state index is 12.3. The van der Waals surface area contributed by atoms with Gasteiger partial charge in [0.15, 0.2) is 0 Å². The Morgan fingerprint density at radius 1 is 1.35 bits per heavy atom. The topological polar surface area (TPSA) is 32.3 Å². The van der Waals surface area contributed by atoms with E-state index in [-0.39, 0.29) is 5.91 Å². The van der Waals surface area contributed by atoms with E-state index >= 15 is 0 Å². The van der Waals surface area contributed by atoms with Crippen molar-refractivity contribution in [2.24, 2.45) is 0 Å². The number of halogens is 1. The van der Waals surface area contributed by atoms with Crippen molar-refractivity contribution in [1.82, 2.24) is 10.2 Å². The van der Waals surface area contributed by atoms with Gasteiger partial charge in [-0.2, -0.15) is 0 Å². The molecule has 1 aliphatic heterocycles. The van der Waals surface area contributed by atoms with Gasteiger partial charge in [0.1, 0.15) is 0 Å². The number of benzene rings is 1. The molecule has 1 aromatic carbocycles. The van der Waals surface area contributed by atoms with Crippen LogP contribution in [0.1, 0.15) is 22.3 Å². The summed E-state index contributed by atoms with van der Waals surface area (Å²) >= 11 is 2.28. The molecular formula is C13H17IN2O. The number of nitrogens with zero attached hydrogens (tertiary/aromatic N) is 1. The number of amides is 1. The molecule has 1 aromatic rings. The van der Waals surface area contributed by atoms with Crippen molar-refractivity contribution in [2.75, 3.05) is 26.2 Å². The number of nitrogens with one attached hydrogen (secondary N) is 1. The highest BCUT2D eigenvalue weighted by Gasteiger charge is 2.17. The number of carbonyl (C=O) groups is 1. The van der Waals surface area contributed by atoms with E-state index in [0.717, 1.165) is 41.7 Å². The average molecular weight is 344 g/mol. The number of hydrogen-bond donors (Lipinski definition) is 1. The molecule has 3 nitrogen and oxygen atoms in total. The molecule has 1 aliphatic rings. The highest BCUT2D eigenvalue weighted by Crippen LogP contribution is 2.15. The van der Waals surface area contributed by atoms with Gasteiger partial charge in [0.2, 0.25) is 0 Å².